The first kappa shape index (κ1) is 21.4. The van der Waals surface area contributed by atoms with Crippen LogP contribution in [0.25, 0.3) is 0 Å². The van der Waals surface area contributed by atoms with Gasteiger partial charge in [-0.25, -0.2) is 4.68 Å². The number of nitrogens with one attached hydrogen (secondary N) is 1. The summed E-state index contributed by atoms with van der Waals surface area (Å²) < 4.78 is 14.1. The van der Waals surface area contributed by atoms with Crippen LogP contribution in [0, 0.1) is 0 Å². The minimum absolute atomic E-state index is 0.215. The molecule has 3 aromatic heterocycles. The average Bonchev–Trinajstić information content (AvgIpc) is 3.23. The quantitative estimate of drug-likeness (QED) is 0.547. The van der Waals surface area contributed by atoms with Crippen LogP contribution in [0.2, 0.25) is 0 Å². The minimum atomic E-state index is -0.215. The summed E-state index contributed by atoms with van der Waals surface area (Å²) in [6.45, 7) is 5.83. The van der Waals surface area contributed by atoms with E-state index in [-0.39, 0.29) is 11.5 Å². The van der Waals surface area contributed by atoms with E-state index in [1.54, 1.807) is 26.4 Å². The minimum Gasteiger partial charge on any atom is -0.495 e. The van der Waals surface area contributed by atoms with E-state index in [4.69, 9.17) is 9.47 Å². The first-order valence-electron chi connectivity index (χ1n) is 9.97. The summed E-state index contributed by atoms with van der Waals surface area (Å²) in [5.41, 5.74) is 2.05. The number of hydrogen-bond acceptors (Lipinski definition) is 7. The van der Waals surface area contributed by atoms with Crippen LogP contribution < -0.4 is 20.3 Å². The third-order valence-electron chi connectivity index (χ3n) is 4.82. The van der Waals surface area contributed by atoms with Gasteiger partial charge in [-0.05, 0) is 31.5 Å². The fourth-order valence-corrected chi connectivity index (χ4v) is 2.93. The Morgan fingerprint density at radius 2 is 2.07 bits per heavy atom. The van der Waals surface area contributed by atoms with Gasteiger partial charge in [0.05, 0.1) is 32.2 Å². The van der Waals surface area contributed by atoms with Crippen LogP contribution in [0.4, 0.5) is 5.69 Å². The van der Waals surface area contributed by atoms with E-state index in [9.17, 15) is 4.79 Å². The molecule has 9 nitrogen and oxygen atoms in total. The van der Waals surface area contributed by atoms with E-state index in [0.717, 1.165) is 30.1 Å². The summed E-state index contributed by atoms with van der Waals surface area (Å²) in [5.74, 6) is 1.35. The molecule has 3 rings (SSSR count). The lowest BCUT2D eigenvalue weighted by molar-refractivity contribution is 0.281. The molecule has 0 radical (unpaired) electrons. The Morgan fingerprint density at radius 3 is 2.73 bits per heavy atom. The van der Waals surface area contributed by atoms with Crippen molar-refractivity contribution in [3.63, 3.8) is 0 Å². The van der Waals surface area contributed by atoms with E-state index < -0.39 is 0 Å². The van der Waals surface area contributed by atoms with Gasteiger partial charge in [-0.2, -0.15) is 5.10 Å². The van der Waals surface area contributed by atoms with Gasteiger partial charge in [0.1, 0.15) is 11.4 Å². The predicted octanol–water partition coefficient (Wildman–Crippen LogP) is 2.58. The van der Waals surface area contributed by atoms with Crippen molar-refractivity contribution in [2.75, 3.05) is 19.0 Å². The van der Waals surface area contributed by atoms with Gasteiger partial charge in [-0.15, -0.1) is 5.10 Å². The number of ether oxygens (including phenoxy) is 2. The second-order valence-corrected chi connectivity index (χ2v) is 7.00. The molecular weight excluding hydrogens is 384 g/mol. The normalized spacial score (nSPS) is 11.9. The van der Waals surface area contributed by atoms with Crippen molar-refractivity contribution in [3.05, 3.63) is 58.4 Å². The Balaban J connectivity index is 1.58. The number of hydrogen-bond donors (Lipinski definition) is 1. The van der Waals surface area contributed by atoms with Crippen molar-refractivity contribution < 1.29 is 9.47 Å². The summed E-state index contributed by atoms with van der Waals surface area (Å²) in [6.07, 6.45) is 4.39. The van der Waals surface area contributed by atoms with Gasteiger partial charge in [-0.1, -0.05) is 6.92 Å². The lowest BCUT2D eigenvalue weighted by Gasteiger charge is -2.13. The molecule has 0 spiro atoms. The highest BCUT2D eigenvalue weighted by molar-refractivity contribution is 5.43. The van der Waals surface area contributed by atoms with Crippen LogP contribution in [0.1, 0.15) is 37.6 Å². The van der Waals surface area contributed by atoms with E-state index in [2.05, 4.69) is 27.4 Å². The largest absolute Gasteiger partial charge is 0.495 e. The smallest absolute Gasteiger partial charge is 0.290 e. The first-order chi connectivity index (χ1) is 14.5. The Hall–Kier alpha value is -3.36. The summed E-state index contributed by atoms with van der Waals surface area (Å²) in [5, 5.41) is 11.7. The third kappa shape index (κ3) is 5.37. The second kappa shape index (κ2) is 9.91. The zero-order chi connectivity index (χ0) is 21.5. The molecule has 0 bridgehead atoms. The molecule has 0 saturated heterocycles. The van der Waals surface area contributed by atoms with Crippen LogP contribution in [0.5, 0.6) is 11.6 Å². The van der Waals surface area contributed by atoms with Crippen LogP contribution in [0.3, 0.4) is 0 Å². The number of aromatic nitrogens is 5. The van der Waals surface area contributed by atoms with Crippen molar-refractivity contribution in [1.29, 1.82) is 0 Å². The van der Waals surface area contributed by atoms with E-state index in [0.29, 0.717) is 24.7 Å². The molecule has 0 saturated carbocycles. The molecular formula is C21H28N6O3. The van der Waals surface area contributed by atoms with Crippen LogP contribution >= 0.6 is 0 Å². The van der Waals surface area contributed by atoms with Crippen LogP contribution in [-0.2, 0) is 20.1 Å². The van der Waals surface area contributed by atoms with Crippen molar-refractivity contribution >= 4 is 5.69 Å². The highest BCUT2D eigenvalue weighted by atomic mass is 16.5. The summed E-state index contributed by atoms with van der Waals surface area (Å²) in [6, 6.07) is 7.41. The molecule has 9 heteroatoms. The molecule has 0 fully saturated rings. The van der Waals surface area contributed by atoms with Gasteiger partial charge in [0.25, 0.3) is 5.56 Å². The van der Waals surface area contributed by atoms with Gasteiger partial charge < -0.3 is 14.8 Å². The van der Waals surface area contributed by atoms with Crippen molar-refractivity contribution in [1.82, 2.24) is 24.5 Å². The van der Waals surface area contributed by atoms with Crippen LogP contribution in [0.15, 0.2) is 41.5 Å². The van der Waals surface area contributed by atoms with E-state index >= 15 is 0 Å². The maximum absolute atomic E-state index is 12.4. The highest BCUT2D eigenvalue weighted by Crippen LogP contribution is 2.20. The lowest BCUT2D eigenvalue weighted by atomic mass is 10.0. The summed E-state index contributed by atoms with van der Waals surface area (Å²) in [7, 11) is 3.23. The molecule has 1 N–H and O–H groups in total. The topological polar surface area (TPSA) is 96.1 Å². The number of anilines is 1. The Bertz CT molecular complexity index is 1010. The molecule has 0 unspecified atom stereocenters. The molecule has 3 heterocycles. The first-order valence-corrected chi connectivity index (χ1v) is 9.97. The molecule has 160 valence electrons. The summed E-state index contributed by atoms with van der Waals surface area (Å²) >= 11 is 0. The Morgan fingerprint density at radius 1 is 1.23 bits per heavy atom. The number of aryl methyl sites for hydroxylation is 2. The molecule has 0 aliphatic heterocycles. The summed E-state index contributed by atoms with van der Waals surface area (Å²) in [4.78, 5) is 16.8. The maximum Gasteiger partial charge on any atom is 0.290 e. The predicted molar refractivity (Wildman–Crippen MR) is 114 cm³/mol. The molecule has 0 aromatic carbocycles. The van der Waals surface area contributed by atoms with Gasteiger partial charge in [0.2, 0.25) is 5.88 Å². The molecule has 1 atom stereocenters. The zero-order valence-electron chi connectivity index (χ0n) is 17.8. The van der Waals surface area contributed by atoms with Gasteiger partial charge in [-0.3, -0.25) is 14.5 Å². The van der Waals surface area contributed by atoms with Crippen molar-refractivity contribution in [2.45, 2.75) is 39.3 Å². The second-order valence-electron chi connectivity index (χ2n) is 7.00. The fourth-order valence-electron chi connectivity index (χ4n) is 2.93. The molecule has 30 heavy (non-hydrogen) atoms. The monoisotopic (exact) mass is 412 g/mol. The maximum atomic E-state index is 12.4. The number of pyridine rings is 1. The van der Waals surface area contributed by atoms with Gasteiger partial charge in [0, 0.05) is 37.5 Å². The van der Waals surface area contributed by atoms with Crippen molar-refractivity contribution in [3.8, 4) is 11.6 Å². The fraction of sp³-hybridized carbons (Fsp3) is 0.429. The van der Waals surface area contributed by atoms with Crippen molar-refractivity contribution in [2.24, 2.45) is 7.05 Å². The number of nitrogens with zero attached hydrogens (tertiary/aromatic N) is 5. The Kier molecular flexibility index (Phi) is 7.05. The lowest BCUT2D eigenvalue weighted by Crippen LogP contribution is -2.24. The third-order valence-corrected chi connectivity index (χ3v) is 4.82. The standard InChI is InChI=1S/C21H28N6O3/c1-5-27-10-8-16(24-27)13-22-19-12-20(25-26(3)21(19)28)30-11-9-15(2)18-7-6-17(29-4)14-23-18/h6-8,10,12,14-15,22H,5,9,11,13H2,1-4H3/t15-/m1/s1. The molecule has 0 aliphatic carbocycles. The number of rotatable bonds is 10. The van der Waals surface area contributed by atoms with E-state index in [1.807, 2.05) is 36.0 Å². The van der Waals surface area contributed by atoms with Gasteiger partial charge >= 0.3 is 0 Å². The van der Waals surface area contributed by atoms with Crippen LogP contribution in [-0.4, -0.2) is 38.3 Å². The molecule has 0 amide bonds. The SMILES string of the molecule is CCn1ccc(CNc2cc(OCC[C@@H](C)c3ccc(OC)cn3)nn(C)c2=O)n1. The van der Waals surface area contributed by atoms with Gasteiger partial charge in [0.15, 0.2) is 0 Å². The molecule has 0 aliphatic rings. The zero-order valence-corrected chi connectivity index (χ0v) is 17.8. The number of methoxy groups -OCH3 is 1. The highest BCUT2D eigenvalue weighted by Gasteiger charge is 2.11. The molecule has 3 aromatic rings. The average molecular weight is 412 g/mol. The Labute approximate surface area is 175 Å². The van der Waals surface area contributed by atoms with E-state index in [1.165, 1.54) is 4.68 Å².